The number of ether oxygens (including phenoxy) is 2. The first-order valence-electron chi connectivity index (χ1n) is 11.2. The Hall–Kier alpha value is -2.57. The van der Waals surface area contributed by atoms with Gasteiger partial charge in [0.15, 0.2) is 0 Å². The minimum absolute atomic E-state index is 0.0498. The highest BCUT2D eigenvalue weighted by Crippen LogP contribution is 2.31. The van der Waals surface area contributed by atoms with Crippen molar-refractivity contribution in [3.63, 3.8) is 0 Å². The van der Waals surface area contributed by atoms with Crippen LogP contribution in [-0.4, -0.2) is 59.5 Å². The molecular formula is C24H34N2O5. The van der Waals surface area contributed by atoms with Crippen molar-refractivity contribution in [2.24, 2.45) is 11.8 Å². The molecule has 0 bridgehead atoms. The molecule has 1 saturated carbocycles. The second kappa shape index (κ2) is 10.2. The second-order valence-electron chi connectivity index (χ2n) is 9.43. The molecule has 2 aliphatic rings. The minimum Gasteiger partial charge on any atom is -0.461 e. The molecule has 0 unspecified atom stereocenters. The number of amides is 2. The summed E-state index contributed by atoms with van der Waals surface area (Å²) in [6, 6.07) is 9.65. The van der Waals surface area contributed by atoms with Crippen molar-refractivity contribution in [3.8, 4) is 0 Å². The number of hydrogen-bond acceptors (Lipinski definition) is 5. The van der Waals surface area contributed by atoms with E-state index in [2.05, 4.69) is 0 Å². The van der Waals surface area contributed by atoms with Gasteiger partial charge in [0.1, 0.15) is 12.2 Å². The third-order valence-corrected chi connectivity index (χ3v) is 5.88. The van der Waals surface area contributed by atoms with Gasteiger partial charge in [0, 0.05) is 32.1 Å². The van der Waals surface area contributed by atoms with Gasteiger partial charge in [-0.2, -0.15) is 0 Å². The number of piperazine rings is 1. The molecule has 7 heteroatoms. The highest BCUT2D eigenvalue weighted by atomic mass is 16.6. The number of esters is 1. The fourth-order valence-electron chi connectivity index (χ4n) is 4.12. The van der Waals surface area contributed by atoms with Crippen LogP contribution in [0.1, 0.15) is 52.0 Å². The van der Waals surface area contributed by atoms with E-state index in [-0.39, 0.29) is 29.8 Å². The van der Waals surface area contributed by atoms with Crippen molar-refractivity contribution in [2.75, 3.05) is 26.2 Å². The van der Waals surface area contributed by atoms with E-state index in [4.69, 9.17) is 9.47 Å². The van der Waals surface area contributed by atoms with Gasteiger partial charge < -0.3 is 19.3 Å². The van der Waals surface area contributed by atoms with E-state index in [1.807, 2.05) is 56.0 Å². The van der Waals surface area contributed by atoms with Crippen LogP contribution in [0.25, 0.3) is 0 Å². The van der Waals surface area contributed by atoms with Crippen molar-refractivity contribution in [1.29, 1.82) is 0 Å². The Labute approximate surface area is 184 Å². The molecule has 2 amide bonds. The molecule has 1 aromatic carbocycles. The molecule has 2 fully saturated rings. The van der Waals surface area contributed by atoms with Gasteiger partial charge in [-0.25, -0.2) is 4.79 Å². The monoisotopic (exact) mass is 430 g/mol. The first-order valence-corrected chi connectivity index (χ1v) is 11.2. The van der Waals surface area contributed by atoms with E-state index in [9.17, 15) is 14.4 Å². The maximum absolute atomic E-state index is 12.9. The fourth-order valence-corrected chi connectivity index (χ4v) is 4.12. The average Bonchev–Trinajstić information content (AvgIpc) is 2.77. The summed E-state index contributed by atoms with van der Waals surface area (Å²) in [5.74, 6) is -0.205. The molecule has 1 saturated heterocycles. The van der Waals surface area contributed by atoms with Gasteiger partial charge in [0.2, 0.25) is 5.91 Å². The lowest BCUT2D eigenvalue weighted by atomic mass is 9.81. The lowest BCUT2D eigenvalue weighted by molar-refractivity contribution is -0.152. The van der Waals surface area contributed by atoms with Gasteiger partial charge in [0.25, 0.3) is 0 Å². The van der Waals surface area contributed by atoms with Gasteiger partial charge in [-0.15, -0.1) is 0 Å². The largest absolute Gasteiger partial charge is 0.461 e. The van der Waals surface area contributed by atoms with Gasteiger partial charge in [0.05, 0.1) is 5.92 Å². The first kappa shape index (κ1) is 23.1. The third-order valence-electron chi connectivity index (χ3n) is 5.88. The SMILES string of the molecule is CC(C)(C)OC(=O)N1CCN(C(=O)[C@H]2CC[C@H](C(=O)OCc3ccccc3)CC2)CC1. The van der Waals surface area contributed by atoms with Gasteiger partial charge >= 0.3 is 12.1 Å². The molecule has 0 spiro atoms. The predicted octanol–water partition coefficient (Wildman–Crippen LogP) is 3.62. The minimum atomic E-state index is -0.523. The van der Waals surface area contributed by atoms with E-state index < -0.39 is 5.60 Å². The Bertz CT molecular complexity index is 758. The van der Waals surface area contributed by atoms with Crippen molar-refractivity contribution in [2.45, 2.75) is 58.7 Å². The molecular weight excluding hydrogens is 396 g/mol. The Kier molecular flexibility index (Phi) is 7.57. The number of carbonyl (C=O) groups is 3. The van der Waals surface area contributed by atoms with E-state index >= 15 is 0 Å². The van der Waals surface area contributed by atoms with Crippen LogP contribution < -0.4 is 0 Å². The zero-order valence-electron chi connectivity index (χ0n) is 18.8. The maximum atomic E-state index is 12.9. The summed E-state index contributed by atoms with van der Waals surface area (Å²) in [4.78, 5) is 41.0. The zero-order chi connectivity index (χ0) is 22.4. The normalized spacial score (nSPS) is 22.0. The van der Waals surface area contributed by atoms with Crippen LogP contribution in [0.15, 0.2) is 30.3 Å². The lowest BCUT2D eigenvalue weighted by Crippen LogP contribution is -2.53. The van der Waals surface area contributed by atoms with Crippen molar-refractivity contribution in [1.82, 2.24) is 9.80 Å². The van der Waals surface area contributed by atoms with Crippen LogP contribution in [-0.2, 0) is 25.7 Å². The quantitative estimate of drug-likeness (QED) is 0.682. The summed E-state index contributed by atoms with van der Waals surface area (Å²) in [5, 5.41) is 0. The summed E-state index contributed by atoms with van der Waals surface area (Å²) in [7, 11) is 0. The highest BCUT2D eigenvalue weighted by molar-refractivity contribution is 5.80. The molecule has 1 aliphatic heterocycles. The van der Waals surface area contributed by atoms with Gasteiger partial charge in [-0.1, -0.05) is 30.3 Å². The van der Waals surface area contributed by atoms with Gasteiger partial charge in [-0.3, -0.25) is 9.59 Å². The van der Waals surface area contributed by atoms with Crippen LogP contribution in [0.5, 0.6) is 0 Å². The summed E-state index contributed by atoms with van der Waals surface area (Å²) < 4.78 is 10.9. The second-order valence-corrected chi connectivity index (χ2v) is 9.43. The van der Waals surface area contributed by atoms with E-state index in [1.54, 1.807) is 4.90 Å². The van der Waals surface area contributed by atoms with Crippen LogP contribution in [0, 0.1) is 11.8 Å². The average molecular weight is 431 g/mol. The van der Waals surface area contributed by atoms with Crippen LogP contribution in [0.4, 0.5) is 4.79 Å². The number of nitrogens with zero attached hydrogens (tertiary/aromatic N) is 2. The molecule has 1 aromatic rings. The van der Waals surface area contributed by atoms with Crippen molar-refractivity contribution < 1.29 is 23.9 Å². The molecule has 170 valence electrons. The summed E-state index contributed by atoms with van der Waals surface area (Å²) in [6.07, 6.45) is 2.45. The molecule has 3 rings (SSSR count). The maximum Gasteiger partial charge on any atom is 0.410 e. The molecule has 7 nitrogen and oxygen atoms in total. The Balaban J connectivity index is 1.39. The summed E-state index contributed by atoms with van der Waals surface area (Å²) in [6.45, 7) is 7.85. The first-order chi connectivity index (χ1) is 14.7. The van der Waals surface area contributed by atoms with Crippen LogP contribution >= 0.6 is 0 Å². The topological polar surface area (TPSA) is 76.2 Å². The predicted molar refractivity (Wildman–Crippen MR) is 116 cm³/mol. The standard InChI is InChI=1S/C24H34N2O5/c1-24(2,3)31-23(29)26-15-13-25(14-16-26)21(27)19-9-11-20(12-10-19)22(28)30-17-18-7-5-4-6-8-18/h4-8,19-20H,9-17H2,1-3H3/t19-,20-. The Morgan fingerprint density at radius 1 is 0.871 bits per heavy atom. The highest BCUT2D eigenvalue weighted by Gasteiger charge is 2.35. The Morgan fingerprint density at radius 3 is 2.00 bits per heavy atom. The number of carbonyl (C=O) groups excluding carboxylic acids is 3. The van der Waals surface area contributed by atoms with Crippen molar-refractivity contribution in [3.05, 3.63) is 35.9 Å². The number of rotatable bonds is 4. The Morgan fingerprint density at radius 2 is 1.42 bits per heavy atom. The third kappa shape index (κ3) is 6.71. The molecule has 1 aliphatic carbocycles. The fraction of sp³-hybridized carbons (Fsp3) is 0.625. The number of hydrogen-bond donors (Lipinski definition) is 0. The summed E-state index contributed by atoms with van der Waals surface area (Å²) in [5.41, 5.74) is 0.454. The van der Waals surface area contributed by atoms with E-state index in [1.165, 1.54) is 0 Å². The van der Waals surface area contributed by atoms with Crippen LogP contribution in [0.2, 0.25) is 0 Å². The molecule has 0 atom stereocenters. The van der Waals surface area contributed by atoms with Gasteiger partial charge in [-0.05, 0) is 52.0 Å². The zero-order valence-corrected chi connectivity index (χ0v) is 18.8. The van der Waals surface area contributed by atoms with Crippen molar-refractivity contribution >= 4 is 18.0 Å². The molecule has 1 heterocycles. The molecule has 0 N–H and O–H groups in total. The number of benzene rings is 1. The smallest absolute Gasteiger partial charge is 0.410 e. The van der Waals surface area contributed by atoms with E-state index in [0.29, 0.717) is 58.5 Å². The molecule has 0 aromatic heterocycles. The molecule has 0 radical (unpaired) electrons. The van der Waals surface area contributed by atoms with Crippen LogP contribution in [0.3, 0.4) is 0 Å². The lowest BCUT2D eigenvalue weighted by Gasteiger charge is -2.38. The summed E-state index contributed by atoms with van der Waals surface area (Å²) >= 11 is 0. The van der Waals surface area contributed by atoms with E-state index in [0.717, 1.165) is 5.56 Å². The molecule has 31 heavy (non-hydrogen) atoms.